The molecule has 1 unspecified atom stereocenters. The second-order valence-corrected chi connectivity index (χ2v) is 6.28. The zero-order valence-electron chi connectivity index (χ0n) is 12.8. The van der Waals surface area contributed by atoms with Gasteiger partial charge in [-0.25, -0.2) is 0 Å². The summed E-state index contributed by atoms with van der Waals surface area (Å²) in [6, 6.07) is 9.34. The average Bonchev–Trinajstić information content (AvgIpc) is 2.43. The quantitative estimate of drug-likeness (QED) is 0.888. The molecule has 0 bridgehead atoms. The third-order valence-corrected chi connectivity index (χ3v) is 3.47. The van der Waals surface area contributed by atoms with E-state index < -0.39 is 0 Å². The third kappa shape index (κ3) is 4.02. The van der Waals surface area contributed by atoms with Crippen LogP contribution in [0.2, 0.25) is 0 Å². The van der Waals surface area contributed by atoms with Crippen LogP contribution < -0.4 is 5.32 Å². The lowest BCUT2D eigenvalue weighted by Crippen LogP contribution is -2.35. The molecule has 4 heteroatoms. The van der Waals surface area contributed by atoms with E-state index in [1.807, 2.05) is 38.1 Å². The van der Waals surface area contributed by atoms with E-state index in [2.05, 4.69) is 10.3 Å². The van der Waals surface area contributed by atoms with Crippen molar-refractivity contribution in [1.29, 1.82) is 0 Å². The Kier molecular flexibility index (Phi) is 4.58. The van der Waals surface area contributed by atoms with Crippen LogP contribution in [0.25, 0.3) is 10.9 Å². The van der Waals surface area contributed by atoms with Gasteiger partial charge >= 0.3 is 0 Å². The van der Waals surface area contributed by atoms with Crippen molar-refractivity contribution in [3.8, 4) is 0 Å². The molecule has 1 amide bonds. The maximum atomic E-state index is 12.4. The molecule has 0 aliphatic heterocycles. The van der Waals surface area contributed by atoms with Gasteiger partial charge in [0.15, 0.2) is 0 Å². The fraction of sp³-hybridized carbons (Fsp3) is 0.412. The summed E-state index contributed by atoms with van der Waals surface area (Å²) in [5.74, 6) is -0.104. The number of aromatic nitrogens is 1. The number of carbonyl (C=O) groups excluding carboxylic acids is 1. The molecule has 0 saturated heterocycles. The summed E-state index contributed by atoms with van der Waals surface area (Å²) in [6.07, 6.45) is 1.92. The Morgan fingerprint density at radius 2 is 2.05 bits per heavy atom. The minimum atomic E-state index is -0.376. The van der Waals surface area contributed by atoms with Gasteiger partial charge in [-0.2, -0.15) is 0 Å². The Morgan fingerprint density at radius 3 is 2.76 bits per heavy atom. The number of hydrogen-bond donors (Lipinski definition) is 2. The SMILES string of the molecule is CC(O)CC(C)(C)CNC(=O)c1ccnc2ccccc12. The molecule has 1 aromatic heterocycles. The largest absolute Gasteiger partial charge is 0.393 e. The van der Waals surface area contributed by atoms with Crippen molar-refractivity contribution in [1.82, 2.24) is 10.3 Å². The molecule has 2 rings (SSSR count). The highest BCUT2D eigenvalue weighted by Gasteiger charge is 2.21. The molecule has 21 heavy (non-hydrogen) atoms. The number of nitrogens with one attached hydrogen (secondary N) is 1. The lowest BCUT2D eigenvalue weighted by atomic mass is 9.87. The number of benzene rings is 1. The van der Waals surface area contributed by atoms with Crippen LogP contribution in [0.15, 0.2) is 36.5 Å². The van der Waals surface area contributed by atoms with Crippen molar-refractivity contribution in [2.45, 2.75) is 33.3 Å². The van der Waals surface area contributed by atoms with Crippen LogP contribution in [0.5, 0.6) is 0 Å². The topological polar surface area (TPSA) is 62.2 Å². The molecule has 0 aliphatic rings. The first-order valence-electron chi connectivity index (χ1n) is 7.19. The van der Waals surface area contributed by atoms with Crippen LogP contribution in [0.4, 0.5) is 0 Å². The van der Waals surface area contributed by atoms with Gasteiger partial charge in [0.1, 0.15) is 0 Å². The monoisotopic (exact) mass is 286 g/mol. The lowest BCUT2D eigenvalue weighted by Gasteiger charge is -2.26. The first-order valence-corrected chi connectivity index (χ1v) is 7.19. The van der Waals surface area contributed by atoms with Crippen molar-refractivity contribution in [2.75, 3.05) is 6.54 Å². The molecule has 1 aromatic carbocycles. The van der Waals surface area contributed by atoms with E-state index in [-0.39, 0.29) is 17.4 Å². The van der Waals surface area contributed by atoms with Gasteiger partial charge in [0.25, 0.3) is 5.91 Å². The van der Waals surface area contributed by atoms with E-state index in [9.17, 15) is 9.90 Å². The highest BCUT2D eigenvalue weighted by molar-refractivity contribution is 6.05. The van der Waals surface area contributed by atoms with Crippen LogP contribution in [-0.2, 0) is 0 Å². The van der Waals surface area contributed by atoms with Crippen LogP contribution in [0.1, 0.15) is 37.6 Å². The fourth-order valence-electron chi connectivity index (χ4n) is 2.58. The highest BCUT2D eigenvalue weighted by Crippen LogP contribution is 2.22. The van der Waals surface area contributed by atoms with Crippen LogP contribution in [-0.4, -0.2) is 28.6 Å². The normalized spacial score (nSPS) is 13.1. The predicted molar refractivity (Wildman–Crippen MR) is 84.2 cm³/mol. The van der Waals surface area contributed by atoms with Crippen LogP contribution in [0.3, 0.4) is 0 Å². The zero-order chi connectivity index (χ0) is 15.5. The third-order valence-electron chi connectivity index (χ3n) is 3.47. The standard InChI is InChI=1S/C17H22N2O2/c1-12(20)10-17(2,3)11-19-16(21)14-8-9-18-15-7-5-4-6-13(14)15/h4-9,12,20H,10-11H2,1-3H3,(H,19,21). The van der Waals surface area contributed by atoms with Crippen molar-refractivity contribution in [3.05, 3.63) is 42.1 Å². The first-order chi connectivity index (χ1) is 9.89. The number of para-hydroxylation sites is 1. The molecule has 0 fully saturated rings. The summed E-state index contributed by atoms with van der Waals surface area (Å²) in [4.78, 5) is 16.6. The number of nitrogens with zero attached hydrogens (tertiary/aromatic N) is 1. The maximum Gasteiger partial charge on any atom is 0.252 e. The summed E-state index contributed by atoms with van der Waals surface area (Å²) in [6.45, 7) is 6.35. The summed E-state index contributed by atoms with van der Waals surface area (Å²) in [7, 11) is 0. The number of fused-ring (bicyclic) bond motifs is 1. The summed E-state index contributed by atoms with van der Waals surface area (Å²) in [5, 5.41) is 13.3. The number of aliphatic hydroxyl groups excluding tert-OH is 1. The van der Waals surface area contributed by atoms with E-state index in [1.165, 1.54) is 0 Å². The van der Waals surface area contributed by atoms with Gasteiger partial charge < -0.3 is 10.4 Å². The Hall–Kier alpha value is -1.94. The molecule has 4 nitrogen and oxygen atoms in total. The minimum absolute atomic E-state index is 0.104. The maximum absolute atomic E-state index is 12.4. The van der Waals surface area contributed by atoms with Crippen molar-refractivity contribution in [3.63, 3.8) is 0 Å². The van der Waals surface area contributed by atoms with Gasteiger partial charge in [0.05, 0.1) is 17.2 Å². The first kappa shape index (κ1) is 15.4. The van der Waals surface area contributed by atoms with Gasteiger partial charge in [-0.15, -0.1) is 0 Å². The molecular weight excluding hydrogens is 264 g/mol. The minimum Gasteiger partial charge on any atom is -0.393 e. The molecule has 0 aliphatic carbocycles. The number of carbonyl (C=O) groups is 1. The van der Waals surface area contributed by atoms with Crippen LogP contribution in [0, 0.1) is 5.41 Å². The summed E-state index contributed by atoms with van der Waals surface area (Å²) in [5.41, 5.74) is 1.30. The van der Waals surface area contributed by atoms with Gasteiger partial charge in [0.2, 0.25) is 0 Å². The molecule has 1 heterocycles. The van der Waals surface area contributed by atoms with Crippen LogP contribution >= 0.6 is 0 Å². The molecular formula is C17H22N2O2. The Bertz CT molecular complexity index is 630. The average molecular weight is 286 g/mol. The summed E-state index contributed by atoms with van der Waals surface area (Å²) >= 11 is 0. The molecule has 2 N–H and O–H groups in total. The van der Waals surface area contributed by atoms with E-state index >= 15 is 0 Å². The number of pyridine rings is 1. The summed E-state index contributed by atoms with van der Waals surface area (Å²) < 4.78 is 0. The molecule has 0 radical (unpaired) electrons. The van der Waals surface area contributed by atoms with Gasteiger partial charge in [0, 0.05) is 18.1 Å². The van der Waals surface area contributed by atoms with Crippen molar-refractivity contribution in [2.24, 2.45) is 5.41 Å². The Labute approximate surface area is 125 Å². The smallest absolute Gasteiger partial charge is 0.252 e. The second kappa shape index (κ2) is 6.22. The number of amides is 1. The lowest BCUT2D eigenvalue weighted by molar-refractivity contribution is 0.0903. The number of aliphatic hydroxyl groups is 1. The molecule has 1 atom stereocenters. The van der Waals surface area contributed by atoms with Gasteiger partial charge in [-0.1, -0.05) is 32.0 Å². The zero-order valence-corrected chi connectivity index (χ0v) is 12.8. The molecule has 0 saturated carbocycles. The van der Waals surface area contributed by atoms with Gasteiger partial charge in [-0.3, -0.25) is 9.78 Å². The van der Waals surface area contributed by atoms with E-state index in [0.717, 1.165) is 10.9 Å². The Balaban J connectivity index is 2.13. The van der Waals surface area contributed by atoms with Gasteiger partial charge in [-0.05, 0) is 30.9 Å². The van der Waals surface area contributed by atoms with E-state index in [1.54, 1.807) is 19.2 Å². The van der Waals surface area contributed by atoms with E-state index in [4.69, 9.17) is 0 Å². The fourth-order valence-corrected chi connectivity index (χ4v) is 2.58. The predicted octanol–water partition coefficient (Wildman–Crippen LogP) is 2.76. The Morgan fingerprint density at radius 1 is 1.33 bits per heavy atom. The second-order valence-electron chi connectivity index (χ2n) is 6.28. The van der Waals surface area contributed by atoms with Crippen molar-refractivity contribution >= 4 is 16.8 Å². The highest BCUT2D eigenvalue weighted by atomic mass is 16.3. The number of hydrogen-bond acceptors (Lipinski definition) is 3. The molecule has 112 valence electrons. The molecule has 2 aromatic rings. The van der Waals surface area contributed by atoms with E-state index in [0.29, 0.717) is 18.5 Å². The molecule has 0 spiro atoms. The van der Waals surface area contributed by atoms with Crippen molar-refractivity contribution < 1.29 is 9.90 Å². The number of rotatable bonds is 5.